The van der Waals surface area contributed by atoms with Gasteiger partial charge in [0.1, 0.15) is 11.5 Å². The van der Waals surface area contributed by atoms with Crippen LogP contribution in [0.5, 0.6) is 0 Å². The van der Waals surface area contributed by atoms with Crippen LogP contribution in [0.1, 0.15) is 0 Å². The average molecular weight is 244 g/mol. The minimum Gasteiger partial charge on any atom is -0.229 e. The van der Waals surface area contributed by atoms with E-state index in [9.17, 15) is 22.0 Å². The molecular weight excluding hydrogens is 241 g/mol. The van der Waals surface area contributed by atoms with Crippen LogP contribution < -0.4 is 0 Å². The fourth-order valence-corrected chi connectivity index (χ4v) is 0.832. The molecule has 0 spiro atoms. The van der Waals surface area contributed by atoms with Gasteiger partial charge in [0.2, 0.25) is 5.17 Å². The molecule has 0 saturated carbocycles. The molecule has 0 unspecified atom stereocenters. The number of hydrogen-bond donors (Lipinski definition) is 0. The van der Waals surface area contributed by atoms with Crippen LogP contribution >= 0.6 is 11.6 Å². The maximum absolute atomic E-state index is 12.8. The SMILES string of the molecule is Fc1ccc(N=C(Cl)C(F)(F)F)c(F)c1. The number of alkyl halides is 3. The molecule has 0 atom stereocenters. The molecule has 0 aliphatic heterocycles. The predicted octanol–water partition coefficient (Wildman–Crippen LogP) is 3.80. The normalized spacial score (nSPS) is 13.1. The lowest BCUT2D eigenvalue weighted by Gasteiger charge is -2.03. The van der Waals surface area contributed by atoms with E-state index in [1.165, 1.54) is 0 Å². The third kappa shape index (κ3) is 3.16. The molecule has 0 heterocycles. The first-order valence-electron chi connectivity index (χ1n) is 3.57. The molecule has 82 valence electrons. The molecule has 0 aromatic heterocycles. The van der Waals surface area contributed by atoms with Gasteiger partial charge in [-0.3, -0.25) is 0 Å². The third-order valence-electron chi connectivity index (χ3n) is 1.36. The second-order valence-corrected chi connectivity index (χ2v) is 2.85. The lowest BCUT2D eigenvalue weighted by molar-refractivity contribution is -0.0558. The molecule has 0 saturated heterocycles. The van der Waals surface area contributed by atoms with Gasteiger partial charge >= 0.3 is 6.18 Å². The minimum absolute atomic E-state index is 0.416. The number of benzene rings is 1. The Hall–Kier alpha value is -1.17. The molecule has 0 amide bonds. The molecule has 0 radical (unpaired) electrons. The summed E-state index contributed by atoms with van der Waals surface area (Å²) in [5.41, 5.74) is -0.668. The second kappa shape index (κ2) is 4.14. The summed E-state index contributed by atoms with van der Waals surface area (Å²) in [5.74, 6) is -2.12. The number of aliphatic imine (C=N–C) groups is 1. The van der Waals surface area contributed by atoms with Crippen molar-refractivity contribution in [3.05, 3.63) is 29.8 Å². The Kier molecular flexibility index (Phi) is 3.28. The maximum Gasteiger partial charge on any atom is 0.444 e. The van der Waals surface area contributed by atoms with Gasteiger partial charge in [-0.1, -0.05) is 11.6 Å². The smallest absolute Gasteiger partial charge is 0.229 e. The van der Waals surface area contributed by atoms with Crippen LogP contribution in [0.3, 0.4) is 0 Å². The van der Waals surface area contributed by atoms with Crippen LogP contribution in [0.15, 0.2) is 23.2 Å². The molecule has 0 aliphatic rings. The van der Waals surface area contributed by atoms with Crippen LogP contribution in [0.25, 0.3) is 0 Å². The average Bonchev–Trinajstić information content (AvgIpc) is 2.08. The molecule has 0 fully saturated rings. The van der Waals surface area contributed by atoms with E-state index >= 15 is 0 Å². The highest BCUT2D eigenvalue weighted by atomic mass is 35.5. The van der Waals surface area contributed by atoms with Gasteiger partial charge in [-0.25, -0.2) is 13.8 Å². The van der Waals surface area contributed by atoms with Crippen molar-refractivity contribution in [1.29, 1.82) is 0 Å². The second-order valence-electron chi connectivity index (χ2n) is 2.50. The highest BCUT2D eigenvalue weighted by molar-refractivity contribution is 6.67. The number of nitrogens with zero attached hydrogens (tertiary/aromatic N) is 1. The first-order chi connectivity index (χ1) is 6.80. The van der Waals surface area contributed by atoms with Crippen molar-refractivity contribution < 1.29 is 22.0 Å². The van der Waals surface area contributed by atoms with Crippen LogP contribution in [0.4, 0.5) is 27.6 Å². The van der Waals surface area contributed by atoms with Crippen molar-refractivity contribution in [2.45, 2.75) is 6.18 Å². The van der Waals surface area contributed by atoms with E-state index in [2.05, 4.69) is 4.99 Å². The number of rotatable bonds is 1. The van der Waals surface area contributed by atoms with E-state index < -0.39 is 28.7 Å². The van der Waals surface area contributed by atoms with Gasteiger partial charge in [0.25, 0.3) is 0 Å². The summed E-state index contributed by atoms with van der Waals surface area (Å²) in [4.78, 5) is 2.79. The van der Waals surface area contributed by atoms with Crippen molar-refractivity contribution in [2.75, 3.05) is 0 Å². The highest BCUT2D eigenvalue weighted by Gasteiger charge is 2.34. The summed E-state index contributed by atoms with van der Waals surface area (Å²) in [5, 5.41) is -1.71. The Morgan fingerprint density at radius 3 is 2.27 bits per heavy atom. The van der Waals surface area contributed by atoms with Gasteiger partial charge in [0, 0.05) is 6.07 Å². The number of halogens is 6. The predicted molar refractivity (Wildman–Crippen MR) is 45.4 cm³/mol. The summed E-state index contributed by atoms with van der Waals surface area (Å²) in [6.07, 6.45) is -4.84. The van der Waals surface area contributed by atoms with Crippen molar-refractivity contribution in [3.63, 3.8) is 0 Å². The van der Waals surface area contributed by atoms with Gasteiger partial charge < -0.3 is 0 Å². The van der Waals surface area contributed by atoms with Gasteiger partial charge in [0.15, 0.2) is 5.82 Å². The fraction of sp³-hybridized carbons (Fsp3) is 0.125. The van der Waals surface area contributed by atoms with E-state index in [1.807, 2.05) is 0 Å². The summed E-state index contributed by atoms with van der Waals surface area (Å²) in [6, 6.07) is 1.96. The van der Waals surface area contributed by atoms with Crippen LogP contribution in [-0.2, 0) is 0 Å². The minimum atomic E-state index is -4.84. The highest BCUT2D eigenvalue weighted by Crippen LogP contribution is 2.25. The molecule has 1 nitrogen and oxygen atoms in total. The summed E-state index contributed by atoms with van der Waals surface area (Å²) >= 11 is 4.77. The monoisotopic (exact) mass is 243 g/mol. The van der Waals surface area contributed by atoms with Crippen LogP contribution in [0, 0.1) is 11.6 Å². The lowest BCUT2D eigenvalue weighted by atomic mass is 10.3. The number of hydrogen-bond acceptors (Lipinski definition) is 1. The first-order valence-corrected chi connectivity index (χ1v) is 3.95. The molecule has 0 bridgehead atoms. The Morgan fingerprint density at radius 1 is 1.20 bits per heavy atom. The molecule has 1 rings (SSSR count). The third-order valence-corrected chi connectivity index (χ3v) is 1.66. The van der Waals surface area contributed by atoms with E-state index in [1.54, 1.807) is 0 Å². The molecule has 15 heavy (non-hydrogen) atoms. The van der Waals surface area contributed by atoms with E-state index in [4.69, 9.17) is 11.6 Å². The van der Waals surface area contributed by atoms with Gasteiger partial charge in [0.05, 0.1) is 0 Å². The lowest BCUT2D eigenvalue weighted by Crippen LogP contribution is -2.16. The van der Waals surface area contributed by atoms with Crippen molar-refractivity contribution >= 4 is 22.5 Å². The fourth-order valence-electron chi connectivity index (χ4n) is 0.741. The molecule has 0 aliphatic carbocycles. The van der Waals surface area contributed by atoms with Gasteiger partial charge in [-0.15, -0.1) is 0 Å². The molecule has 7 heteroatoms. The van der Waals surface area contributed by atoms with Gasteiger partial charge in [-0.05, 0) is 12.1 Å². The Bertz CT molecular complexity index is 399. The van der Waals surface area contributed by atoms with E-state index in [0.717, 1.165) is 12.1 Å². The molecule has 0 N–H and O–H groups in total. The maximum atomic E-state index is 12.8. The zero-order valence-corrected chi connectivity index (χ0v) is 7.70. The Labute approximate surface area is 86.2 Å². The first kappa shape index (κ1) is 11.9. The standard InChI is InChI=1S/C8H3ClF5N/c9-7(8(12,13)14)15-6-2-1-4(10)3-5(6)11/h1-3H. The Balaban J connectivity index is 3.09. The summed E-state index contributed by atoms with van der Waals surface area (Å²) in [6.45, 7) is 0. The zero-order chi connectivity index (χ0) is 11.6. The largest absolute Gasteiger partial charge is 0.444 e. The van der Waals surface area contributed by atoms with Crippen molar-refractivity contribution in [3.8, 4) is 0 Å². The van der Waals surface area contributed by atoms with E-state index in [-0.39, 0.29) is 0 Å². The van der Waals surface area contributed by atoms with Gasteiger partial charge in [-0.2, -0.15) is 13.2 Å². The van der Waals surface area contributed by atoms with E-state index in [0.29, 0.717) is 6.07 Å². The summed E-state index contributed by atoms with van der Waals surface area (Å²) < 4.78 is 60.9. The summed E-state index contributed by atoms with van der Waals surface area (Å²) in [7, 11) is 0. The van der Waals surface area contributed by atoms with Crippen molar-refractivity contribution in [1.82, 2.24) is 0 Å². The Morgan fingerprint density at radius 2 is 1.80 bits per heavy atom. The van der Waals surface area contributed by atoms with Crippen molar-refractivity contribution in [2.24, 2.45) is 4.99 Å². The zero-order valence-electron chi connectivity index (χ0n) is 6.95. The molecule has 1 aromatic carbocycles. The van der Waals surface area contributed by atoms with Crippen LogP contribution in [-0.4, -0.2) is 11.3 Å². The molecular formula is C8H3ClF5N. The molecule has 1 aromatic rings. The van der Waals surface area contributed by atoms with Crippen LogP contribution in [0.2, 0.25) is 0 Å². The quantitative estimate of drug-likeness (QED) is 0.526. The topological polar surface area (TPSA) is 12.4 Å².